The first-order chi connectivity index (χ1) is 17.7. The van der Waals surface area contributed by atoms with Gasteiger partial charge in [-0.15, -0.1) is 11.3 Å². The highest BCUT2D eigenvalue weighted by molar-refractivity contribution is 7.89. The Balaban J connectivity index is 1.14. The number of nitrogens with zero attached hydrogens (tertiary/aromatic N) is 4. The fraction of sp³-hybridized carbons (Fsp3) is 0.560. The van der Waals surface area contributed by atoms with Gasteiger partial charge in [0.1, 0.15) is 5.82 Å². The molecule has 0 amide bonds. The molecule has 1 spiro atoms. The number of halogens is 2. The summed E-state index contributed by atoms with van der Waals surface area (Å²) in [7, 11) is -3.53. The number of sulfonamides is 1. The molecule has 2 aliphatic heterocycles. The van der Waals surface area contributed by atoms with Gasteiger partial charge in [0.05, 0.1) is 45.7 Å². The first-order valence-electron chi connectivity index (χ1n) is 12.5. The van der Waals surface area contributed by atoms with Crippen LogP contribution in [0, 0.1) is 11.3 Å². The Labute approximate surface area is 219 Å². The number of aryl methyl sites for hydroxylation is 2. The Morgan fingerprint density at radius 1 is 1.14 bits per heavy atom. The molecule has 1 aromatic carbocycles. The third kappa shape index (κ3) is 6.08. The highest BCUT2D eigenvalue weighted by Crippen LogP contribution is 2.40. The molecule has 0 N–H and O–H groups in total. The predicted octanol–water partition coefficient (Wildman–Crippen LogP) is 4.69. The molecule has 8 nitrogen and oxygen atoms in total. The van der Waals surface area contributed by atoms with Crippen LogP contribution in [-0.4, -0.2) is 60.6 Å². The number of rotatable bonds is 10. The van der Waals surface area contributed by atoms with Crippen LogP contribution in [0.15, 0.2) is 35.5 Å². The fourth-order valence-corrected chi connectivity index (χ4v) is 7.34. The van der Waals surface area contributed by atoms with Crippen LogP contribution in [-0.2, 0) is 27.6 Å². The average Bonchev–Trinajstić information content (AvgIpc) is 3.28. The molecule has 5 rings (SSSR count). The van der Waals surface area contributed by atoms with Gasteiger partial charge in [0.25, 0.3) is 0 Å². The number of benzene rings is 1. The summed E-state index contributed by atoms with van der Waals surface area (Å²) < 4.78 is 63.1. The van der Waals surface area contributed by atoms with E-state index in [2.05, 4.69) is 21.6 Å². The zero-order valence-corrected chi connectivity index (χ0v) is 22.2. The molecule has 0 bridgehead atoms. The highest BCUT2D eigenvalue weighted by Gasteiger charge is 2.43. The average molecular weight is 553 g/mol. The van der Waals surface area contributed by atoms with Gasteiger partial charge in [-0.05, 0) is 56.2 Å². The van der Waals surface area contributed by atoms with E-state index in [-0.39, 0.29) is 11.2 Å². The molecule has 2 aliphatic rings. The van der Waals surface area contributed by atoms with E-state index in [0.717, 1.165) is 60.5 Å². The molecule has 0 aliphatic carbocycles. The van der Waals surface area contributed by atoms with Gasteiger partial charge in [-0.25, -0.2) is 23.4 Å². The third-order valence-electron chi connectivity index (χ3n) is 7.26. The van der Waals surface area contributed by atoms with Crippen molar-refractivity contribution in [3.63, 3.8) is 0 Å². The van der Waals surface area contributed by atoms with E-state index in [1.807, 2.05) is 0 Å². The molecule has 3 aromatic rings. The van der Waals surface area contributed by atoms with E-state index in [1.165, 1.54) is 23.7 Å². The summed E-state index contributed by atoms with van der Waals surface area (Å²) in [4.78, 5) is 13.2. The smallest absolute Gasteiger partial charge is 0.387 e. The number of thiazole rings is 1. The normalized spacial score (nSPS) is 18.8. The standard InChI is InChI=1S/C25H30F2N4O4S2/c1-17(2-6-22-28-13-18(14-29-22)35-24(26)27)3-7-23-30-20-5-4-19(12-21(20)36-23)37(32,33)31-10-8-25(9-11-31)15-34-16-25/h4-5,12-14,17,24H,2-3,6-11,15-16H2,1H3. The van der Waals surface area contributed by atoms with Gasteiger partial charge in [-0.1, -0.05) is 6.92 Å². The zero-order valence-electron chi connectivity index (χ0n) is 20.6. The predicted molar refractivity (Wildman–Crippen MR) is 135 cm³/mol. The highest BCUT2D eigenvalue weighted by atomic mass is 32.2. The number of ether oxygens (including phenoxy) is 2. The minimum absolute atomic E-state index is 0.0494. The summed E-state index contributed by atoms with van der Waals surface area (Å²) in [5.74, 6) is 0.922. The largest absolute Gasteiger partial charge is 0.432 e. The van der Waals surface area contributed by atoms with Crippen LogP contribution in [0.2, 0.25) is 0 Å². The van der Waals surface area contributed by atoms with E-state index in [1.54, 1.807) is 22.5 Å². The van der Waals surface area contributed by atoms with E-state index in [0.29, 0.717) is 36.1 Å². The van der Waals surface area contributed by atoms with Crippen molar-refractivity contribution in [1.29, 1.82) is 0 Å². The van der Waals surface area contributed by atoms with Gasteiger partial charge >= 0.3 is 6.61 Å². The second-order valence-corrected chi connectivity index (χ2v) is 13.1. The summed E-state index contributed by atoms with van der Waals surface area (Å²) in [5.41, 5.74) is 0.998. The van der Waals surface area contributed by atoms with Gasteiger partial charge in [0.15, 0.2) is 5.75 Å². The second-order valence-electron chi connectivity index (χ2n) is 10.0. The molecule has 2 aromatic heterocycles. The van der Waals surface area contributed by atoms with Crippen molar-refractivity contribution in [2.75, 3.05) is 26.3 Å². The van der Waals surface area contributed by atoms with Gasteiger partial charge < -0.3 is 9.47 Å². The van der Waals surface area contributed by atoms with Crippen LogP contribution < -0.4 is 4.74 Å². The lowest BCUT2D eigenvalue weighted by Crippen LogP contribution is -2.51. The lowest BCUT2D eigenvalue weighted by molar-refractivity contribution is -0.133. The number of hydrogen-bond donors (Lipinski definition) is 0. The van der Waals surface area contributed by atoms with Crippen molar-refractivity contribution >= 4 is 31.6 Å². The van der Waals surface area contributed by atoms with Crippen LogP contribution in [0.5, 0.6) is 5.75 Å². The van der Waals surface area contributed by atoms with Crippen molar-refractivity contribution in [2.24, 2.45) is 11.3 Å². The maximum absolute atomic E-state index is 13.3. The number of hydrogen-bond acceptors (Lipinski definition) is 8. The van der Waals surface area contributed by atoms with Gasteiger partial charge in [-0.3, -0.25) is 0 Å². The van der Waals surface area contributed by atoms with E-state index >= 15 is 0 Å². The Kier molecular flexibility index (Phi) is 7.71. The minimum atomic E-state index is -3.53. The number of fused-ring (bicyclic) bond motifs is 1. The summed E-state index contributed by atoms with van der Waals surface area (Å²) in [5, 5.41) is 0.978. The lowest BCUT2D eigenvalue weighted by atomic mass is 9.77. The summed E-state index contributed by atoms with van der Waals surface area (Å²) in [6.45, 7) is 1.81. The number of piperidine rings is 1. The third-order valence-corrected chi connectivity index (χ3v) is 10.2. The molecule has 12 heteroatoms. The van der Waals surface area contributed by atoms with Gasteiger partial charge in [0.2, 0.25) is 10.0 Å². The van der Waals surface area contributed by atoms with Crippen LogP contribution in [0.4, 0.5) is 8.78 Å². The van der Waals surface area contributed by atoms with Crippen molar-refractivity contribution in [1.82, 2.24) is 19.3 Å². The van der Waals surface area contributed by atoms with Crippen LogP contribution in [0.3, 0.4) is 0 Å². The Morgan fingerprint density at radius 2 is 1.84 bits per heavy atom. The van der Waals surface area contributed by atoms with Crippen LogP contribution >= 0.6 is 11.3 Å². The molecular formula is C25H30F2N4O4S2. The molecular weight excluding hydrogens is 522 g/mol. The topological polar surface area (TPSA) is 94.5 Å². The monoisotopic (exact) mass is 552 g/mol. The van der Waals surface area contributed by atoms with Crippen molar-refractivity contribution in [3.8, 4) is 5.75 Å². The van der Waals surface area contributed by atoms with Gasteiger partial charge in [-0.2, -0.15) is 13.1 Å². The van der Waals surface area contributed by atoms with Gasteiger partial charge in [0, 0.05) is 24.9 Å². The molecule has 0 radical (unpaired) electrons. The Morgan fingerprint density at radius 3 is 2.49 bits per heavy atom. The quantitative estimate of drug-likeness (QED) is 0.360. The summed E-state index contributed by atoms with van der Waals surface area (Å²) in [6, 6.07) is 5.22. The van der Waals surface area contributed by atoms with E-state index in [9.17, 15) is 17.2 Å². The van der Waals surface area contributed by atoms with Crippen molar-refractivity contribution in [3.05, 3.63) is 41.4 Å². The first-order valence-corrected chi connectivity index (χ1v) is 14.7. The van der Waals surface area contributed by atoms with Crippen molar-refractivity contribution < 1.29 is 26.7 Å². The lowest BCUT2D eigenvalue weighted by Gasteiger charge is -2.46. The zero-order chi connectivity index (χ0) is 26.0. The molecule has 4 heterocycles. The second kappa shape index (κ2) is 10.8. The Hall–Kier alpha value is -2.28. The van der Waals surface area contributed by atoms with Crippen molar-refractivity contribution in [2.45, 2.75) is 57.0 Å². The van der Waals surface area contributed by atoms with E-state index in [4.69, 9.17) is 9.72 Å². The maximum Gasteiger partial charge on any atom is 0.387 e. The molecule has 1 atom stereocenters. The first kappa shape index (κ1) is 26.3. The minimum Gasteiger partial charge on any atom is -0.432 e. The van der Waals surface area contributed by atoms with E-state index < -0.39 is 16.6 Å². The summed E-state index contributed by atoms with van der Waals surface area (Å²) in [6.07, 6.45) is 7.43. The molecule has 1 unspecified atom stereocenters. The maximum atomic E-state index is 13.3. The van der Waals surface area contributed by atoms with Crippen LogP contribution in [0.1, 0.15) is 43.4 Å². The summed E-state index contributed by atoms with van der Waals surface area (Å²) >= 11 is 1.54. The number of alkyl halides is 2. The number of aromatic nitrogens is 3. The molecule has 37 heavy (non-hydrogen) atoms. The fourth-order valence-electron chi connectivity index (χ4n) is 4.77. The SMILES string of the molecule is CC(CCc1ncc(OC(F)F)cn1)CCc1nc2ccc(S(=O)(=O)N3CCC4(CC3)COC4)cc2s1. The Bertz CT molecular complexity index is 1320. The molecule has 0 saturated carbocycles. The van der Waals surface area contributed by atoms with Crippen LogP contribution in [0.25, 0.3) is 10.2 Å². The molecule has 2 saturated heterocycles. The molecule has 200 valence electrons. The molecule has 2 fully saturated rings.